The first-order chi connectivity index (χ1) is 7.66. The Morgan fingerprint density at radius 3 is 2.56 bits per heavy atom. The van der Waals surface area contributed by atoms with Gasteiger partial charge in [-0.3, -0.25) is 4.98 Å². The third-order valence-electron chi connectivity index (χ3n) is 3.87. The Balaban J connectivity index is 2.01. The van der Waals surface area contributed by atoms with E-state index < -0.39 is 0 Å². The molecule has 2 rings (SSSR count). The van der Waals surface area contributed by atoms with E-state index in [2.05, 4.69) is 42.9 Å². The maximum atomic E-state index is 4.56. The molecule has 1 unspecified atom stereocenters. The van der Waals surface area contributed by atoms with Gasteiger partial charge in [0.05, 0.1) is 0 Å². The van der Waals surface area contributed by atoms with Gasteiger partial charge in [-0.25, -0.2) is 0 Å². The van der Waals surface area contributed by atoms with Crippen LogP contribution in [0.2, 0.25) is 0 Å². The van der Waals surface area contributed by atoms with Crippen molar-refractivity contribution in [2.24, 2.45) is 5.92 Å². The molecular weight excluding hydrogens is 196 g/mol. The highest BCUT2D eigenvalue weighted by Crippen LogP contribution is 2.30. The molecule has 1 atom stereocenters. The molecule has 16 heavy (non-hydrogen) atoms. The van der Waals surface area contributed by atoms with Crippen LogP contribution in [0.1, 0.15) is 36.9 Å². The molecule has 2 heteroatoms. The predicted octanol–water partition coefficient (Wildman–Crippen LogP) is 2.84. The van der Waals surface area contributed by atoms with Gasteiger partial charge in [-0.15, -0.1) is 0 Å². The van der Waals surface area contributed by atoms with Crippen molar-refractivity contribution >= 4 is 0 Å². The van der Waals surface area contributed by atoms with Crippen LogP contribution in [0.5, 0.6) is 0 Å². The first-order valence-electron chi connectivity index (χ1n) is 6.28. The van der Waals surface area contributed by atoms with Crippen molar-refractivity contribution in [1.29, 1.82) is 0 Å². The molecular formula is C14H22N2. The van der Waals surface area contributed by atoms with Crippen molar-refractivity contribution in [3.05, 3.63) is 29.6 Å². The molecule has 1 aromatic rings. The van der Waals surface area contributed by atoms with Gasteiger partial charge in [-0.05, 0) is 57.5 Å². The Morgan fingerprint density at radius 1 is 1.31 bits per heavy atom. The molecule has 1 saturated heterocycles. The molecule has 0 radical (unpaired) electrons. The van der Waals surface area contributed by atoms with Crippen LogP contribution in [-0.2, 0) is 0 Å². The molecule has 0 saturated carbocycles. The summed E-state index contributed by atoms with van der Waals surface area (Å²) >= 11 is 0. The van der Waals surface area contributed by atoms with Crippen molar-refractivity contribution in [3.63, 3.8) is 0 Å². The van der Waals surface area contributed by atoms with Gasteiger partial charge < -0.3 is 4.90 Å². The Labute approximate surface area is 98.7 Å². The molecule has 1 aliphatic rings. The van der Waals surface area contributed by atoms with Crippen LogP contribution in [0.15, 0.2) is 18.3 Å². The molecule has 0 amide bonds. The fourth-order valence-electron chi connectivity index (χ4n) is 2.52. The quantitative estimate of drug-likeness (QED) is 0.759. The summed E-state index contributed by atoms with van der Waals surface area (Å²) < 4.78 is 0. The normalized spacial score (nSPS) is 20.9. The smallest absolute Gasteiger partial charge is 0.0434 e. The predicted molar refractivity (Wildman–Crippen MR) is 67.6 cm³/mol. The Morgan fingerprint density at radius 2 is 2.00 bits per heavy atom. The topological polar surface area (TPSA) is 16.1 Å². The number of pyridine rings is 1. The number of rotatable bonds is 2. The highest BCUT2D eigenvalue weighted by Gasteiger charge is 2.23. The second kappa shape index (κ2) is 4.96. The van der Waals surface area contributed by atoms with Crippen LogP contribution in [0, 0.1) is 12.8 Å². The molecule has 2 nitrogen and oxygen atoms in total. The van der Waals surface area contributed by atoms with E-state index in [1.807, 2.05) is 6.20 Å². The number of aryl methyl sites for hydroxylation is 1. The molecule has 0 aromatic carbocycles. The van der Waals surface area contributed by atoms with Crippen molar-refractivity contribution in [3.8, 4) is 0 Å². The summed E-state index contributed by atoms with van der Waals surface area (Å²) in [5.74, 6) is 1.42. The summed E-state index contributed by atoms with van der Waals surface area (Å²) in [4.78, 5) is 6.98. The Kier molecular flexibility index (Phi) is 3.59. The molecule has 88 valence electrons. The monoisotopic (exact) mass is 218 g/mol. The van der Waals surface area contributed by atoms with E-state index >= 15 is 0 Å². The van der Waals surface area contributed by atoms with Crippen molar-refractivity contribution in [2.45, 2.75) is 32.6 Å². The van der Waals surface area contributed by atoms with E-state index in [9.17, 15) is 0 Å². The zero-order chi connectivity index (χ0) is 11.5. The molecule has 2 heterocycles. The molecule has 0 aliphatic carbocycles. The zero-order valence-corrected chi connectivity index (χ0v) is 10.6. The summed E-state index contributed by atoms with van der Waals surface area (Å²) in [5.41, 5.74) is 2.51. The summed E-state index contributed by atoms with van der Waals surface area (Å²) in [6.07, 6.45) is 4.61. The maximum absolute atomic E-state index is 4.56. The first kappa shape index (κ1) is 11.6. The lowest BCUT2D eigenvalue weighted by atomic mass is 9.83. The van der Waals surface area contributed by atoms with E-state index in [4.69, 9.17) is 0 Å². The van der Waals surface area contributed by atoms with Gasteiger partial charge in [0.1, 0.15) is 0 Å². The molecule has 1 aromatic heterocycles. The number of aromatic nitrogens is 1. The van der Waals surface area contributed by atoms with Gasteiger partial charge in [-0.2, -0.15) is 0 Å². The molecule has 0 bridgehead atoms. The van der Waals surface area contributed by atoms with Gasteiger partial charge in [-0.1, -0.05) is 13.0 Å². The van der Waals surface area contributed by atoms with Crippen LogP contribution in [0.4, 0.5) is 0 Å². The minimum absolute atomic E-state index is 0.606. The van der Waals surface area contributed by atoms with Gasteiger partial charge in [0, 0.05) is 17.8 Å². The summed E-state index contributed by atoms with van der Waals surface area (Å²) in [7, 11) is 2.21. The average molecular weight is 218 g/mol. The molecule has 0 N–H and O–H groups in total. The largest absolute Gasteiger partial charge is 0.306 e. The van der Waals surface area contributed by atoms with Crippen molar-refractivity contribution in [1.82, 2.24) is 9.88 Å². The molecule has 1 aliphatic heterocycles. The van der Waals surface area contributed by atoms with E-state index in [1.165, 1.54) is 37.2 Å². The van der Waals surface area contributed by atoms with Crippen molar-refractivity contribution < 1.29 is 0 Å². The fourth-order valence-corrected chi connectivity index (χ4v) is 2.52. The van der Waals surface area contributed by atoms with Crippen molar-refractivity contribution in [2.75, 3.05) is 20.1 Å². The standard InChI is InChI=1S/C14H22N2/c1-11-4-5-14(15-10-11)12(2)13-6-8-16(3)9-7-13/h4-5,10,12-13H,6-9H2,1-3H3. The molecule has 0 spiro atoms. The van der Waals surface area contributed by atoms with Gasteiger partial charge >= 0.3 is 0 Å². The van der Waals surface area contributed by atoms with Gasteiger partial charge in [0.15, 0.2) is 0 Å². The second-order valence-corrected chi connectivity index (χ2v) is 5.19. The van der Waals surface area contributed by atoms with Crippen LogP contribution < -0.4 is 0 Å². The zero-order valence-electron chi connectivity index (χ0n) is 10.6. The SMILES string of the molecule is Cc1ccc(C(C)C2CCN(C)CC2)nc1. The second-order valence-electron chi connectivity index (χ2n) is 5.19. The van der Waals surface area contributed by atoms with Gasteiger partial charge in [0.25, 0.3) is 0 Å². The number of nitrogens with zero attached hydrogens (tertiary/aromatic N) is 2. The van der Waals surface area contributed by atoms with Crippen LogP contribution in [0.25, 0.3) is 0 Å². The Hall–Kier alpha value is -0.890. The number of hydrogen-bond donors (Lipinski definition) is 0. The molecule has 1 fully saturated rings. The summed E-state index contributed by atoms with van der Waals surface area (Å²) in [6, 6.07) is 4.37. The van der Waals surface area contributed by atoms with Crippen LogP contribution in [0.3, 0.4) is 0 Å². The highest BCUT2D eigenvalue weighted by molar-refractivity contribution is 5.15. The maximum Gasteiger partial charge on any atom is 0.0434 e. The summed E-state index contributed by atoms with van der Waals surface area (Å²) in [5, 5.41) is 0. The highest BCUT2D eigenvalue weighted by atomic mass is 15.1. The minimum atomic E-state index is 0.606. The van der Waals surface area contributed by atoms with E-state index in [-0.39, 0.29) is 0 Å². The van der Waals surface area contributed by atoms with Gasteiger partial charge in [0.2, 0.25) is 0 Å². The Bertz CT molecular complexity index is 323. The van der Waals surface area contributed by atoms with E-state index in [1.54, 1.807) is 0 Å². The lowest BCUT2D eigenvalue weighted by Gasteiger charge is -2.32. The first-order valence-corrected chi connectivity index (χ1v) is 6.28. The number of hydrogen-bond acceptors (Lipinski definition) is 2. The van der Waals surface area contributed by atoms with Crippen LogP contribution in [-0.4, -0.2) is 30.0 Å². The van der Waals surface area contributed by atoms with Crippen LogP contribution >= 0.6 is 0 Å². The lowest BCUT2D eigenvalue weighted by molar-refractivity contribution is 0.201. The fraction of sp³-hybridized carbons (Fsp3) is 0.643. The van der Waals surface area contributed by atoms with E-state index in [0.717, 1.165) is 5.92 Å². The number of piperidine rings is 1. The van der Waals surface area contributed by atoms with E-state index in [0.29, 0.717) is 5.92 Å². The average Bonchev–Trinajstić information content (AvgIpc) is 2.30. The number of likely N-dealkylation sites (tertiary alicyclic amines) is 1. The summed E-state index contributed by atoms with van der Waals surface area (Å²) in [6.45, 7) is 6.90. The third kappa shape index (κ3) is 2.62. The third-order valence-corrected chi connectivity index (χ3v) is 3.87. The lowest BCUT2D eigenvalue weighted by Crippen LogP contribution is -2.32. The minimum Gasteiger partial charge on any atom is -0.306 e.